The highest BCUT2D eigenvalue weighted by Crippen LogP contribution is 2.31. The van der Waals surface area contributed by atoms with Gasteiger partial charge in [-0.3, -0.25) is 0 Å². The molecule has 0 radical (unpaired) electrons. The van der Waals surface area contributed by atoms with E-state index in [1.54, 1.807) is 34.2 Å². The van der Waals surface area contributed by atoms with E-state index in [4.69, 9.17) is 4.98 Å². The number of aromatic nitrogens is 3. The molecule has 1 unspecified atom stereocenters. The molecule has 3 aromatic heterocycles. The molecular formula is C29H24N5OPS. The Hall–Kier alpha value is -4.19. The average Bonchev–Trinajstić information content (AvgIpc) is 3.52. The van der Waals surface area contributed by atoms with Crippen LogP contribution in [0.3, 0.4) is 0 Å². The number of fused-ring (bicyclic) bond motifs is 2. The summed E-state index contributed by atoms with van der Waals surface area (Å²) in [7, 11) is 2.67. The van der Waals surface area contributed by atoms with Gasteiger partial charge in [-0.05, 0) is 47.3 Å². The van der Waals surface area contributed by atoms with Crippen molar-refractivity contribution in [1.29, 1.82) is 0 Å². The molecule has 6 rings (SSSR count). The number of phenolic OH excluding ortho intramolecular Hbond substituents is 1. The van der Waals surface area contributed by atoms with Crippen LogP contribution in [0.4, 0.5) is 11.5 Å². The second kappa shape index (κ2) is 9.69. The Labute approximate surface area is 220 Å². The Morgan fingerprint density at radius 1 is 1.00 bits per heavy atom. The number of phenols is 1. The third kappa shape index (κ3) is 4.67. The summed E-state index contributed by atoms with van der Waals surface area (Å²) in [4.78, 5) is 5.85. The van der Waals surface area contributed by atoms with Gasteiger partial charge < -0.3 is 15.7 Å². The van der Waals surface area contributed by atoms with E-state index in [1.807, 2.05) is 30.3 Å². The number of nitrogens with one attached hydrogen (secondary N) is 2. The molecule has 8 heteroatoms. The van der Waals surface area contributed by atoms with E-state index in [1.165, 1.54) is 10.1 Å². The summed E-state index contributed by atoms with van der Waals surface area (Å²) in [5.41, 5.74) is 5.00. The van der Waals surface area contributed by atoms with Crippen molar-refractivity contribution in [3.8, 4) is 17.0 Å². The quantitative estimate of drug-likeness (QED) is 0.209. The van der Waals surface area contributed by atoms with Crippen LogP contribution in [0, 0.1) is 0 Å². The summed E-state index contributed by atoms with van der Waals surface area (Å²) in [5.74, 6) is 0.970. The van der Waals surface area contributed by atoms with Gasteiger partial charge in [0.2, 0.25) is 0 Å². The van der Waals surface area contributed by atoms with Crippen LogP contribution in [0.15, 0.2) is 97.7 Å². The lowest BCUT2D eigenvalue weighted by Crippen LogP contribution is -2.08. The summed E-state index contributed by atoms with van der Waals surface area (Å²) in [6.45, 7) is 4.84. The molecule has 3 heterocycles. The molecule has 3 N–H and O–H groups in total. The lowest BCUT2D eigenvalue weighted by Gasteiger charge is -2.13. The minimum absolute atomic E-state index is 0.188. The fraction of sp³-hybridized carbons (Fsp3) is 0.0345. The largest absolute Gasteiger partial charge is 0.507 e. The molecule has 0 fully saturated rings. The molecule has 0 saturated heterocycles. The average molecular weight is 522 g/mol. The molecule has 0 aliphatic heterocycles. The summed E-state index contributed by atoms with van der Waals surface area (Å²) in [6, 6.07) is 27.9. The molecule has 0 amide bonds. The number of benzene rings is 3. The van der Waals surface area contributed by atoms with Crippen molar-refractivity contribution in [2.75, 3.05) is 10.6 Å². The van der Waals surface area contributed by atoms with Crippen molar-refractivity contribution in [3.05, 3.63) is 108 Å². The Kier molecular flexibility index (Phi) is 6.08. The van der Waals surface area contributed by atoms with Gasteiger partial charge in [0.05, 0.1) is 16.8 Å². The number of para-hydroxylation sites is 1. The number of aromatic hydroxyl groups is 1. The smallest absolute Gasteiger partial charge is 0.165 e. The van der Waals surface area contributed by atoms with Crippen LogP contribution in [-0.2, 0) is 6.54 Å². The van der Waals surface area contributed by atoms with Crippen LogP contribution in [0.5, 0.6) is 5.75 Å². The van der Waals surface area contributed by atoms with E-state index < -0.39 is 0 Å². The molecular weight excluding hydrogens is 497 g/mol. The molecule has 0 aliphatic rings. The van der Waals surface area contributed by atoms with Gasteiger partial charge in [0.25, 0.3) is 0 Å². The monoisotopic (exact) mass is 521 g/mol. The van der Waals surface area contributed by atoms with Crippen molar-refractivity contribution < 1.29 is 5.11 Å². The van der Waals surface area contributed by atoms with Crippen LogP contribution < -0.4 is 15.9 Å². The first kappa shape index (κ1) is 23.2. The van der Waals surface area contributed by atoms with Gasteiger partial charge in [0.15, 0.2) is 5.65 Å². The second-order valence-electron chi connectivity index (χ2n) is 8.69. The predicted octanol–water partition coefficient (Wildman–Crippen LogP) is 6.51. The van der Waals surface area contributed by atoms with E-state index in [-0.39, 0.29) is 5.75 Å². The Bertz CT molecular complexity index is 1740. The lowest BCUT2D eigenvalue weighted by atomic mass is 10.1. The van der Waals surface area contributed by atoms with Crippen LogP contribution in [0.1, 0.15) is 10.4 Å². The van der Waals surface area contributed by atoms with Gasteiger partial charge in [-0.2, -0.15) is 9.61 Å². The Balaban J connectivity index is 1.24. The summed E-state index contributed by atoms with van der Waals surface area (Å²) >= 11 is 1.73. The van der Waals surface area contributed by atoms with Gasteiger partial charge in [0.1, 0.15) is 11.6 Å². The van der Waals surface area contributed by atoms with Crippen LogP contribution in [0.2, 0.25) is 0 Å². The van der Waals surface area contributed by atoms with E-state index in [9.17, 15) is 5.11 Å². The molecule has 0 spiro atoms. The Morgan fingerprint density at radius 2 is 1.84 bits per heavy atom. The molecule has 1 atom stereocenters. The first-order valence-corrected chi connectivity index (χ1v) is 13.1. The molecule has 0 saturated carbocycles. The zero-order valence-corrected chi connectivity index (χ0v) is 21.8. The molecule has 182 valence electrons. The van der Waals surface area contributed by atoms with E-state index in [0.29, 0.717) is 23.4 Å². The van der Waals surface area contributed by atoms with Crippen LogP contribution in [0.25, 0.3) is 32.7 Å². The fourth-order valence-electron chi connectivity index (χ4n) is 4.25. The van der Waals surface area contributed by atoms with Gasteiger partial charge in [0, 0.05) is 39.6 Å². The number of rotatable bonds is 7. The van der Waals surface area contributed by atoms with Crippen molar-refractivity contribution >= 4 is 58.8 Å². The molecule has 3 aromatic carbocycles. The minimum Gasteiger partial charge on any atom is -0.507 e. The third-order valence-corrected chi connectivity index (χ3v) is 7.68. The van der Waals surface area contributed by atoms with E-state index >= 15 is 0 Å². The van der Waals surface area contributed by atoms with Crippen LogP contribution in [-0.4, -0.2) is 19.7 Å². The highest BCUT2D eigenvalue weighted by molar-refractivity contribution is 7.28. The first-order valence-electron chi connectivity index (χ1n) is 11.8. The number of hydrogen-bond acceptors (Lipinski definition) is 6. The molecule has 6 nitrogen and oxygen atoms in total. The number of nitrogens with zero attached hydrogens (tertiary/aromatic N) is 3. The topological polar surface area (TPSA) is 74.5 Å². The van der Waals surface area contributed by atoms with Crippen LogP contribution >= 0.6 is 20.6 Å². The van der Waals surface area contributed by atoms with Gasteiger partial charge >= 0.3 is 0 Å². The maximum Gasteiger partial charge on any atom is 0.165 e. The summed E-state index contributed by atoms with van der Waals surface area (Å²) in [5, 5.41) is 23.9. The van der Waals surface area contributed by atoms with E-state index in [0.717, 1.165) is 32.9 Å². The van der Waals surface area contributed by atoms with Crippen molar-refractivity contribution in [1.82, 2.24) is 14.6 Å². The van der Waals surface area contributed by atoms with Crippen molar-refractivity contribution in [3.63, 3.8) is 0 Å². The van der Waals surface area contributed by atoms with Gasteiger partial charge in [-0.25, -0.2) is 4.98 Å². The van der Waals surface area contributed by atoms with E-state index in [2.05, 4.69) is 74.0 Å². The maximum absolute atomic E-state index is 10.4. The first-order chi connectivity index (χ1) is 18.0. The SMILES string of the molecule is C=C(Nc1cccc(CNc2cc(-c3ccccc3O)nc3c(P)cnn23)c1)c1cc2ccccc2s1. The Morgan fingerprint density at radius 3 is 2.70 bits per heavy atom. The van der Waals surface area contributed by atoms with Gasteiger partial charge in [-0.15, -0.1) is 11.3 Å². The number of hydrogen-bond donors (Lipinski definition) is 3. The predicted molar refractivity (Wildman–Crippen MR) is 158 cm³/mol. The number of anilines is 2. The standard InChI is InChI=1S/C29H24N5OPS/c1-18(27-14-20-8-2-5-12-26(20)37-27)32-21-9-6-7-19(13-21)16-30-28-15-23(22-10-3-4-11-24(22)35)33-29-25(36)17-31-34(28)29/h2-15,17,30,32,35H,1,16,36H2. The highest BCUT2D eigenvalue weighted by Gasteiger charge is 2.13. The zero-order chi connectivity index (χ0) is 25.4. The second-order valence-corrected chi connectivity index (χ2v) is 10.4. The number of thiophene rings is 1. The van der Waals surface area contributed by atoms with Crippen molar-refractivity contribution in [2.24, 2.45) is 0 Å². The molecule has 37 heavy (non-hydrogen) atoms. The van der Waals surface area contributed by atoms with Crippen molar-refractivity contribution in [2.45, 2.75) is 6.54 Å². The molecule has 0 bridgehead atoms. The highest BCUT2D eigenvalue weighted by atomic mass is 32.1. The zero-order valence-electron chi connectivity index (χ0n) is 19.8. The molecule has 6 aromatic rings. The maximum atomic E-state index is 10.4. The fourth-order valence-corrected chi connectivity index (χ4v) is 5.49. The lowest BCUT2D eigenvalue weighted by molar-refractivity contribution is 0.477. The molecule has 0 aliphatic carbocycles. The summed E-state index contributed by atoms with van der Waals surface area (Å²) < 4.78 is 3.02. The third-order valence-electron chi connectivity index (χ3n) is 6.10. The summed E-state index contributed by atoms with van der Waals surface area (Å²) in [6.07, 6.45) is 1.76. The normalized spacial score (nSPS) is 11.2. The minimum atomic E-state index is 0.188. The van der Waals surface area contributed by atoms with Gasteiger partial charge in [-0.1, -0.05) is 58.3 Å².